The number of benzene rings is 1. The van der Waals surface area contributed by atoms with Crippen LogP contribution in [0.15, 0.2) is 29.3 Å². The number of hydrogen-bond acceptors (Lipinski definition) is 2. The minimum absolute atomic E-state index is 0. The van der Waals surface area contributed by atoms with Crippen molar-refractivity contribution in [2.75, 3.05) is 33.7 Å². The van der Waals surface area contributed by atoms with Gasteiger partial charge in [-0.05, 0) is 65.4 Å². The molecule has 0 aromatic heterocycles. The second kappa shape index (κ2) is 9.16. The quantitative estimate of drug-likeness (QED) is 0.371. The van der Waals surface area contributed by atoms with Crippen molar-refractivity contribution in [1.82, 2.24) is 15.5 Å². The topological polar surface area (TPSA) is 39.7 Å². The third-order valence-corrected chi connectivity index (χ3v) is 5.06. The van der Waals surface area contributed by atoms with E-state index >= 15 is 0 Å². The summed E-state index contributed by atoms with van der Waals surface area (Å²) in [7, 11) is 4.14. The molecule has 1 aliphatic carbocycles. The van der Waals surface area contributed by atoms with E-state index in [0.29, 0.717) is 6.54 Å². The number of aliphatic imine (C=N–C) groups is 1. The SMILES string of the molecule is CCNC(=NCC(C)(C)N(C)C)NCC1(c2cccc(F)c2)CC1.I. The van der Waals surface area contributed by atoms with Gasteiger partial charge in [-0.3, -0.25) is 4.99 Å². The molecule has 1 aromatic rings. The highest BCUT2D eigenvalue weighted by Gasteiger charge is 2.44. The Bertz CT molecular complexity index is 583. The standard InChI is InChI=1S/C19H31FN4.HI/c1-6-21-17(22-13-18(2,3)24(4)5)23-14-19(10-11-19)15-8-7-9-16(20)12-15;/h7-9,12H,6,10-11,13-14H2,1-5H3,(H2,21,22,23);1H. The Balaban J connectivity index is 0.00000312. The highest BCUT2D eigenvalue weighted by molar-refractivity contribution is 14.0. The average Bonchev–Trinajstić information content (AvgIpc) is 3.31. The van der Waals surface area contributed by atoms with E-state index in [2.05, 4.69) is 50.4 Å². The maximum atomic E-state index is 13.5. The molecule has 0 aliphatic heterocycles. The maximum Gasteiger partial charge on any atom is 0.191 e. The summed E-state index contributed by atoms with van der Waals surface area (Å²) < 4.78 is 13.5. The van der Waals surface area contributed by atoms with Gasteiger partial charge in [0.25, 0.3) is 0 Å². The number of nitrogens with one attached hydrogen (secondary N) is 2. The number of likely N-dealkylation sites (N-methyl/N-ethyl adjacent to an activating group) is 1. The van der Waals surface area contributed by atoms with Crippen molar-refractivity contribution in [3.05, 3.63) is 35.6 Å². The lowest BCUT2D eigenvalue weighted by Crippen LogP contribution is -2.45. The molecule has 0 unspecified atom stereocenters. The Morgan fingerprint density at radius 3 is 2.48 bits per heavy atom. The minimum atomic E-state index is -0.160. The van der Waals surface area contributed by atoms with Crippen molar-refractivity contribution in [2.24, 2.45) is 4.99 Å². The Labute approximate surface area is 168 Å². The molecule has 0 heterocycles. The third kappa shape index (κ3) is 6.09. The van der Waals surface area contributed by atoms with Crippen LogP contribution >= 0.6 is 24.0 Å². The summed E-state index contributed by atoms with van der Waals surface area (Å²) in [4.78, 5) is 6.90. The van der Waals surface area contributed by atoms with Crippen LogP contribution in [0, 0.1) is 5.82 Å². The summed E-state index contributed by atoms with van der Waals surface area (Å²) >= 11 is 0. The molecule has 0 radical (unpaired) electrons. The van der Waals surface area contributed by atoms with Gasteiger partial charge in [0.15, 0.2) is 5.96 Å². The van der Waals surface area contributed by atoms with Crippen molar-refractivity contribution in [1.29, 1.82) is 0 Å². The van der Waals surface area contributed by atoms with Gasteiger partial charge in [0, 0.05) is 24.0 Å². The molecular weight excluding hydrogens is 430 g/mol. The molecule has 1 fully saturated rings. The first-order chi connectivity index (χ1) is 11.3. The number of hydrogen-bond donors (Lipinski definition) is 2. The predicted octanol–water partition coefficient (Wildman–Crippen LogP) is 3.37. The zero-order valence-corrected chi connectivity index (χ0v) is 18.4. The van der Waals surface area contributed by atoms with Crippen LogP contribution in [0.3, 0.4) is 0 Å². The molecule has 142 valence electrons. The molecule has 0 saturated heterocycles. The van der Waals surface area contributed by atoms with Crippen LogP contribution in [0.25, 0.3) is 0 Å². The van der Waals surface area contributed by atoms with Gasteiger partial charge < -0.3 is 15.5 Å². The highest BCUT2D eigenvalue weighted by atomic mass is 127. The molecule has 2 N–H and O–H groups in total. The summed E-state index contributed by atoms with van der Waals surface area (Å²) in [5.74, 6) is 0.669. The van der Waals surface area contributed by atoms with E-state index in [0.717, 1.165) is 37.5 Å². The smallest absolute Gasteiger partial charge is 0.191 e. The van der Waals surface area contributed by atoms with E-state index in [9.17, 15) is 4.39 Å². The van der Waals surface area contributed by atoms with Gasteiger partial charge >= 0.3 is 0 Å². The minimum Gasteiger partial charge on any atom is -0.357 e. The molecule has 6 heteroatoms. The molecule has 4 nitrogen and oxygen atoms in total. The molecule has 25 heavy (non-hydrogen) atoms. The lowest BCUT2D eigenvalue weighted by molar-refractivity contribution is 0.204. The third-order valence-electron chi connectivity index (χ3n) is 5.06. The molecular formula is C19H32FIN4. The van der Waals surface area contributed by atoms with Crippen LogP contribution in [0.4, 0.5) is 4.39 Å². The number of rotatable bonds is 7. The van der Waals surface area contributed by atoms with E-state index in [1.54, 1.807) is 12.1 Å². The summed E-state index contributed by atoms with van der Waals surface area (Å²) in [5, 5.41) is 6.75. The Kier molecular flexibility index (Phi) is 8.12. The molecule has 2 rings (SSSR count). The monoisotopic (exact) mass is 462 g/mol. The highest BCUT2D eigenvalue weighted by Crippen LogP contribution is 2.47. The van der Waals surface area contributed by atoms with Crippen molar-refractivity contribution in [3.63, 3.8) is 0 Å². The first-order valence-corrected chi connectivity index (χ1v) is 8.75. The fourth-order valence-electron chi connectivity index (χ4n) is 2.55. The van der Waals surface area contributed by atoms with Gasteiger partial charge in [0.05, 0.1) is 6.54 Å². The van der Waals surface area contributed by atoms with E-state index in [1.807, 2.05) is 6.07 Å². The summed E-state index contributed by atoms with van der Waals surface area (Å²) in [6, 6.07) is 6.98. The summed E-state index contributed by atoms with van der Waals surface area (Å²) in [5.41, 5.74) is 1.14. The largest absolute Gasteiger partial charge is 0.357 e. The second-order valence-electron chi connectivity index (χ2n) is 7.55. The average molecular weight is 462 g/mol. The number of nitrogens with zero attached hydrogens (tertiary/aromatic N) is 2. The maximum absolute atomic E-state index is 13.5. The number of guanidine groups is 1. The van der Waals surface area contributed by atoms with Crippen LogP contribution < -0.4 is 10.6 Å². The molecule has 1 aliphatic rings. The van der Waals surface area contributed by atoms with Crippen molar-refractivity contribution in [2.45, 2.75) is 44.6 Å². The van der Waals surface area contributed by atoms with Crippen LogP contribution in [0.2, 0.25) is 0 Å². The normalized spacial score (nSPS) is 16.4. The van der Waals surface area contributed by atoms with E-state index in [1.165, 1.54) is 6.07 Å². The first kappa shape index (κ1) is 22.2. The van der Waals surface area contributed by atoms with Gasteiger partial charge in [-0.15, -0.1) is 24.0 Å². The molecule has 0 amide bonds. The van der Waals surface area contributed by atoms with Gasteiger partial charge in [-0.1, -0.05) is 12.1 Å². The first-order valence-electron chi connectivity index (χ1n) is 8.75. The Morgan fingerprint density at radius 1 is 1.28 bits per heavy atom. The van der Waals surface area contributed by atoms with E-state index in [-0.39, 0.29) is 40.7 Å². The van der Waals surface area contributed by atoms with Gasteiger partial charge in [-0.2, -0.15) is 0 Å². The van der Waals surface area contributed by atoms with E-state index in [4.69, 9.17) is 4.99 Å². The summed E-state index contributed by atoms with van der Waals surface area (Å²) in [6.45, 7) is 8.73. The fraction of sp³-hybridized carbons (Fsp3) is 0.632. The zero-order chi connectivity index (χ0) is 17.8. The lowest BCUT2D eigenvalue weighted by atomic mass is 9.96. The van der Waals surface area contributed by atoms with Crippen molar-refractivity contribution >= 4 is 29.9 Å². The molecule has 1 saturated carbocycles. The van der Waals surface area contributed by atoms with E-state index < -0.39 is 0 Å². The summed E-state index contributed by atoms with van der Waals surface area (Å²) in [6.07, 6.45) is 2.18. The van der Waals surface area contributed by atoms with Gasteiger partial charge in [0.2, 0.25) is 0 Å². The van der Waals surface area contributed by atoms with Crippen LogP contribution in [-0.4, -0.2) is 50.1 Å². The second-order valence-corrected chi connectivity index (χ2v) is 7.55. The lowest BCUT2D eigenvalue weighted by Gasteiger charge is -2.31. The van der Waals surface area contributed by atoms with Gasteiger partial charge in [-0.25, -0.2) is 4.39 Å². The van der Waals surface area contributed by atoms with Crippen molar-refractivity contribution < 1.29 is 4.39 Å². The zero-order valence-electron chi connectivity index (χ0n) is 16.0. The molecule has 0 spiro atoms. The van der Waals surface area contributed by atoms with Crippen LogP contribution in [0.1, 0.15) is 39.2 Å². The fourth-order valence-corrected chi connectivity index (χ4v) is 2.55. The number of halogens is 2. The van der Waals surface area contributed by atoms with Crippen molar-refractivity contribution in [3.8, 4) is 0 Å². The van der Waals surface area contributed by atoms with Gasteiger partial charge in [0.1, 0.15) is 5.82 Å². The predicted molar refractivity (Wildman–Crippen MR) is 114 cm³/mol. The van der Waals surface area contributed by atoms with Crippen LogP contribution in [-0.2, 0) is 5.41 Å². The van der Waals surface area contributed by atoms with Crippen LogP contribution in [0.5, 0.6) is 0 Å². The Morgan fingerprint density at radius 2 is 1.96 bits per heavy atom. The molecule has 0 bridgehead atoms. The Hall–Kier alpha value is -0.890. The molecule has 1 aromatic carbocycles. The molecule has 0 atom stereocenters.